The van der Waals surface area contributed by atoms with Crippen LogP contribution in [0.2, 0.25) is 18.1 Å². The molecule has 0 saturated carbocycles. The van der Waals surface area contributed by atoms with E-state index in [1.807, 2.05) is 33.9 Å². The maximum Gasteiger partial charge on any atom is 0.308 e. The third kappa shape index (κ3) is 2.87. The fourth-order valence-corrected chi connectivity index (χ4v) is 2.16. The molecule has 0 N–H and O–H groups in total. The van der Waals surface area contributed by atoms with Crippen LogP contribution in [0.15, 0.2) is 18.2 Å². The third-order valence-corrected chi connectivity index (χ3v) is 7.65. The number of hydrogen-bond acceptors (Lipinski definition) is 3. The van der Waals surface area contributed by atoms with Crippen LogP contribution in [0, 0.1) is 15.9 Å². The van der Waals surface area contributed by atoms with E-state index < -0.39 is 24.7 Å². The van der Waals surface area contributed by atoms with Gasteiger partial charge in [-0.1, -0.05) is 26.8 Å². The van der Waals surface area contributed by atoms with Crippen LogP contribution >= 0.6 is 0 Å². The van der Waals surface area contributed by atoms with Crippen molar-refractivity contribution in [2.24, 2.45) is 0 Å². The Balaban J connectivity index is 3.14. The molecule has 1 rings (SSSR count). The van der Waals surface area contributed by atoms with Gasteiger partial charge in [-0.3, -0.25) is 10.1 Å². The predicted molar refractivity (Wildman–Crippen MR) is 70.9 cm³/mol. The van der Waals surface area contributed by atoms with E-state index in [0.717, 1.165) is 6.07 Å². The first-order chi connectivity index (χ1) is 8.06. The summed E-state index contributed by atoms with van der Waals surface area (Å²) in [6.07, 6.45) is 0. The number of rotatable bonds is 3. The molecule has 1 aromatic carbocycles. The van der Waals surface area contributed by atoms with Crippen molar-refractivity contribution in [3.05, 3.63) is 34.1 Å². The van der Waals surface area contributed by atoms with Crippen LogP contribution in [0.25, 0.3) is 0 Å². The molecule has 0 aromatic heterocycles. The average molecular weight is 271 g/mol. The summed E-state index contributed by atoms with van der Waals surface area (Å²) < 4.78 is 19.6. The smallest absolute Gasteiger partial charge is 0.308 e. The van der Waals surface area contributed by atoms with Crippen LogP contribution < -0.4 is 4.43 Å². The highest BCUT2D eigenvalue weighted by molar-refractivity contribution is 6.74. The van der Waals surface area contributed by atoms with Gasteiger partial charge in [-0.05, 0) is 24.2 Å². The van der Waals surface area contributed by atoms with Crippen molar-refractivity contribution in [3.8, 4) is 5.75 Å². The number of nitro groups is 1. The summed E-state index contributed by atoms with van der Waals surface area (Å²) in [5.41, 5.74) is -0.550. The summed E-state index contributed by atoms with van der Waals surface area (Å²) in [6.45, 7) is 9.99. The lowest BCUT2D eigenvalue weighted by molar-refractivity contribution is -0.387. The second-order valence-corrected chi connectivity index (χ2v) is 10.4. The highest BCUT2D eigenvalue weighted by Gasteiger charge is 2.40. The second-order valence-electron chi connectivity index (χ2n) is 5.71. The van der Waals surface area contributed by atoms with Gasteiger partial charge >= 0.3 is 5.69 Å². The molecule has 0 heterocycles. The quantitative estimate of drug-likeness (QED) is 0.472. The normalized spacial score (nSPS) is 12.3. The minimum Gasteiger partial charge on any atom is -0.541 e. The van der Waals surface area contributed by atoms with Gasteiger partial charge in [0.05, 0.1) is 4.92 Å². The van der Waals surface area contributed by atoms with E-state index in [2.05, 4.69) is 0 Å². The number of halogens is 1. The Kier molecular flexibility index (Phi) is 3.80. The largest absolute Gasteiger partial charge is 0.541 e. The fourth-order valence-electron chi connectivity index (χ4n) is 1.15. The Morgan fingerprint density at radius 1 is 1.33 bits per heavy atom. The maximum absolute atomic E-state index is 13.9. The molecular weight excluding hydrogens is 253 g/mol. The predicted octanol–water partition coefficient (Wildman–Crippen LogP) is 4.12. The lowest BCUT2D eigenvalue weighted by Crippen LogP contribution is -2.44. The lowest BCUT2D eigenvalue weighted by Gasteiger charge is -2.36. The first-order valence-electron chi connectivity index (χ1n) is 5.68. The molecule has 0 aliphatic carbocycles. The lowest BCUT2D eigenvalue weighted by atomic mass is 10.2. The van der Waals surface area contributed by atoms with Gasteiger partial charge in [0.1, 0.15) is 5.75 Å². The minimum atomic E-state index is -2.20. The zero-order valence-corrected chi connectivity index (χ0v) is 12.3. The molecule has 100 valence electrons. The Labute approximate surface area is 107 Å². The van der Waals surface area contributed by atoms with Crippen LogP contribution in [0.4, 0.5) is 10.1 Å². The number of nitro benzene ring substituents is 1. The van der Waals surface area contributed by atoms with Crippen LogP contribution in [-0.4, -0.2) is 13.2 Å². The molecule has 0 bridgehead atoms. The first-order valence-corrected chi connectivity index (χ1v) is 8.59. The van der Waals surface area contributed by atoms with E-state index in [0.29, 0.717) is 0 Å². The molecule has 18 heavy (non-hydrogen) atoms. The molecule has 0 saturated heterocycles. The molecular formula is C12H18FNO3Si. The number of benzene rings is 1. The van der Waals surface area contributed by atoms with Gasteiger partial charge in [-0.15, -0.1) is 0 Å². The van der Waals surface area contributed by atoms with Crippen molar-refractivity contribution in [2.45, 2.75) is 38.9 Å². The molecule has 0 spiro atoms. The van der Waals surface area contributed by atoms with Gasteiger partial charge < -0.3 is 4.43 Å². The van der Waals surface area contributed by atoms with E-state index >= 15 is 0 Å². The molecule has 6 heteroatoms. The van der Waals surface area contributed by atoms with E-state index in [4.69, 9.17) is 4.43 Å². The summed E-state index contributed by atoms with van der Waals surface area (Å²) in [7, 11) is -2.20. The van der Waals surface area contributed by atoms with Crippen LogP contribution in [-0.2, 0) is 0 Å². The Bertz CT molecular complexity index is 469. The standard InChI is InChI=1S/C12H18FNO3Si/c1-12(2,3)18(4,5)17-10-8-6-7-9(11(10)13)14(15)16/h6-8H,1-5H3. The molecule has 4 nitrogen and oxygen atoms in total. The molecule has 0 aliphatic rings. The van der Waals surface area contributed by atoms with E-state index in [-0.39, 0.29) is 10.8 Å². The second kappa shape index (κ2) is 4.68. The summed E-state index contributed by atoms with van der Waals surface area (Å²) >= 11 is 0. The van der Waals surface area contributed by atoms with Crippen molar-refractivity contribution >= 4 is 14.0 Å². The van der Waals surface area contributed by atoms with Gasteiger partial charge in [0, 0.05) is 6.07 Å². The number of hydrogen-bond donors (Lipinski definition) is 0. The first kappa shape index (κ1) is 14.6. The molecule has 0 fully saturated rings. The van der Waals surface area contributed by atoms with Crippen molar-refractivity contribution < 1.29 is 13.7 Å². The van der Waals surface area contributed by atoms with Gasteiger partial charge in [0.15, 0.2) is 0 Å². The highest BCUT2D eigenvalue weighted by Crippen LogP contribution is 2.38. The fraction of sp³-hybridized carbons (Fsp3) is 0.500. The van der Waals surface area contributed by atoms with Crippen LogP contribution in [0.1, 0.15) is 20.8 Å². The Morgan fingerprint density at radius 3 is 2.33 bits per heavy atom. The average Bonchev–Trinajstić information content (AvgIpc) is 2.18. The SMILES string of the molecule is CC(C)(C)[Si](C)(C)Oc1cccc([N+](=O)[O-])c1F. The van der Waals surface area contributed by atoms with Gasteiger partial charge in [-0.2, -0.15) is 4.39 Å². The zero-order chi connectivity index (χ0) is 14.1. The van der Waals surface area contributed by atoms with Crippen molar-refractivity contribution in [1.29, 1.82) is 0 Å². The molecule has 0 aliphatic heterocycles. The third-order valence-electron chi connectivity index (χ3n) is 3.31. The molecule has 0 unspecified atom stereocenters. The van der Waals surface area contributed by atoms with Crippen molar-refractivity contribution in [2.75, 3.05) is 0 Å². The Morgan fingerprint density at radius 2 is 1.89 bits per heavy atom. The van der Waals surface area contributed by atoms with Gasteiger partial charge in [0.25, 0.3) is 8.32 Å². The van der Waals surface area contributed by atoms with Gasteiger partial charge in [-0.25, -0.2) is 0 Å². The highest BCUT2D eigenvalue weighted by atomic mass is 28.4. The Hall–Kier alpha value is -1.43. The number of nitrogens with zero attached hydrogens (tertiary/aromatic N) is 1. The summed E-state index contributed by atoms with van der Waals surface area (Å²) in [4.78, 5) is 9.92. The topological polar surface area (TPSA) is 52.4 Å². The minimum absolute atomic E-state index is 0.0317. The monoisotopic (exact) mass is 271 g/mol. The summed E-state index contributed by atoms with van der Waals surface area (Å²) in [5.74, 6) is -0.928. The molecule has 0 atom stereocenters. The van der Waals surface area contributed by atoms with E-state index in [1.165, 1.54) is 12.1 Å². The van der Waals surface area contributed by atoms with Gasteiger partial charge in [0.2, 0.25) is 5.82 Å². The van der Waals surface area contributed by atoms with Crippen LogP contribution in [0.5, 0.6) is 5.75 Å². The zero-order valence-electron chi connectivity index (χ0n) is 11.3. The maximum atomic E-state index is 13.9. The van der Waals surface area contributed by atoms with Crippen molar-refractivity contribution in [3.63, 3.8) is 0 Å². The summed E-state index contributed by atoms with van der Waals surface area (Å²) in [5, 5.41) is 10.6. The molecule has 1 aromatic rings. The molecule has 0 radical (unpaired) electrons. The van der Waals surface area contributed by atoms with Crippen LogP contribution in [0.3, 0.4) is 0 Å². The summed E-state index contributed by atoms with van der Waals surface area (Å²) in [6, 6.07) is 4.00. The van der Waals surface area contributed by atoms with Crippen molar-refractivity contribution in [1.82, 2.24) is 0 Å². The van der Waals surface area contributed by atoms with E-state index in [1.54, 1.807) is 0 Å². The van der Waals surface area contributed by atoms with E-state index in [9.17, 15) is 14.5 Å². The molecule has 0 amide bonds.